The molecule has 1 fully saturated rings. The maximum Gasteiger partial charge on any atom is 0.221 e. The topological polar surface area (TPSA) is 65.2 Å². The molecule has 1 aliphatic rings. The molecule has 1 heterocycles. The zero-order chi connectivity index (χ0) is 27.4. The van der Waals surface area contributed by atoms with E-state index in [1.807, 2.05) is 66.9 Å². The lowest BCUT2D eigenvalue weighted by molar-refractivity contribution is 0.109. The predicted molar refractivity (Wildman–Crippen MR) is 159 cm³/mol. The van der Waals surface area contributed by atoms with Gasteiger partial charge in [0, 0.05) is 23.7 Å². The lowest BCUT2D eigenvalue weighted by Gasteiger charge is -2.35. The summed E-state index contributed by atoms with van der Waals surface area (Å²) >= 11 is 5.44. The number of aryl methyl sites for hydroxylation is 2. The number of rotatable bonds is 7. The van der Waals surface area contributed by atoms with E-state index >= 15 is 0 Å². The zero-order valence-corrected chi connectivity index (χ0v) is 23.2. The van der Waals surface area contributed by atoms with Gasteiger partial charge >= 0.3 is 0 Å². The molecule has 0 radical (unpaired) electrons. The largest absolute Gasteiger partial charge is 0.493 e. The molecule has 2 N–H and O–H groups in total. The highest BCUT2D eigenvalue weighted by Crippen LogP contribution is 2.39. The molecule has 1 aromatic heterocycles. The molecule has 0 bridgehead atoms. The number of benzene rings is 3. The predicted octanol–water partition coefficient (Wildman–Crippen LogP) is 8.38. The summed E-state index contributed by atoms with van der Waals surface area (Å²) in [5.74, 6) is -0.189. The summed E-state index contributed by atoms with van der Waals surface area (Å²) in [5, 5.41) is 24.2. The normalized spacial score (nSPS) is 14.5. The number of para-hydroxylation sites is 1. The first-order valence-corrected chi connectivity index (χ1v) is 13.9. The van der Waals surface area contributed by atoms with Gasteiger partial charge in [0.1, 0.15) is 5.82 Å². The third kappa shape index (κ3) is 6.34. The number of thiocarbonyl (C=S) groups is 1. The van der Waals surface area contributed by atoms with Crippen molar-refractivity contribution in [1.29, 1.82) is 0 Å². The quantitative estimate of drug-likeness (QED) is 0.182. The Morgan fingerprint density at radius 3 is 2.54 bits per heavy atom. The molecule has 1 aliphatic carbocycles. The number of hydrogen-bond donors (Lipinski definition) is 2. The van der Waals surface area contributed by atoms with Crippen molar-refractivity contribution in [3.8, 4) is 5.88 Å². The Bertz CT molecular complexity index is 1490. The lowest BCUT2D eigenvalue weighted by atomic mass is 9.94. The maximum atomic E-state index is 13.6. The van der Waals surface area contributed by atoms with Gasteiger partial charge < -0.3 is 10.4 Å². The van der Waals surface area contributed by atoms with Gasteiger partial charge in [0.05, 0.1) is 12.2 Å². The number of halogens is 1. The molecular weight excluding hydrogens is 509 g/mol. The summed E-state index contributed by atoms with van der Waals surface area (Å²) in [6, 6.07) is 20.9. The van der Waals surface area contributed by atoms with Gasteiger partial charge in [-0.15, -0.1) is 10.2 Å². The summed E-state index contributed by atoms with van der Waals surface area (Å²) in [6.07, 6.45) is 5.83. The van der Waals surface area contributed by atoms with Crippen molar-refractivity contribution < 1.29 is 9.50 Å². The summed E-state index contributed by atoms with van der Waals surface area (Å²) < 4.78 is 15.5. The molecule has 0 saturated heterocycles. The highest BCUT2D eigenvalue weighted by Gasteiger charge is 2.25. The van der Waals surface area contributed by atoms with Gasteiger partial charge in [-0.2, -0.15) is 0 Å². The van der Waals surface area contributed by atoms with Crippen molar-refractivity contribution in [3.63, 3.8) is 0 Å². The number of hydrogen-bond acceptors (Lipinski definition) is 4. The molecule has 6 nitrogen and oxygen atoms in total. The highest BCUT2D eigenvalue weighted by atomic mass is 32.1. The van der Waals surface area contributed by atoms with Crippen LogP contribution in [0.3, 0.4) is 0 Å². The molecule has 202 valence electrons. The van der Waals surface area contributed by atoms with Crippen LogP contribution in [0.25, 0.3) is 10.9 Å². The van der Waals surface area contributed by atoms with Crippen molar-refractivity contribution in [1.82, 2.24) is 9.47 Å². The van der Waals surface area contributed by atoms with Crippen LogP contribution in [0.4, 0.5) is 15.8 Å². The van der Waals surface area contributed by atoms with Crippen LogP contribution in [0.1, 0.15) is 48.8 Å². The number of azo groups is 1. The maximum absolute atomic E-state index is 13.6. The molecule has 0 atom stereocenters. The molecule has 4 aromatic rings. The van der Waals surface area contributed by atoms with Crippen LogP contribution in [0.15, 0.2) is 77.0 Å². The standard InChI is InChI=1S/C31H34FN5OS/c1-21-12-17-27(22(2)18-21)33-31(39)35-34-29-26-10-6-7-11-28(26)37(30(29)38)20-36(25-8-4-3-5-9-25)19-23-13-15-24(32)16-14-23/h6-7,10-18,25,38H,3-5,8-9,19-20H2,1-2H3,(H,33,39). The second-order valence-corrected chi connectivity index (χ2v) is 10.8. The molecule has 0 aliphatic heterocycles. The minimum Gasteiger partial charge on any atom is -0.493 e. The molecule has 0 spiro atoms. The molecular formula is C31H34FN5OS. The molecule has 5 rings (SSSR count). The molecule has 1 saturated carbocycles. The molecule has 8 heteroatoms. The fourth-order valence-electron chi connectivity index (χ4n) is 5.45. The van der Waals surface area contributed by atoms with E-state index in [2.05, 4.69) is 26.5 Å². The Labute approximate surface area is 234 Å². The lowest BCUT2D eigenvalue weighted by Crippen LogP contribution is -2.37. The highest BCUT2D eigenvalue weighted by molar-refractivity contribution is 7.80. The minimum atomic E-state index is -0.239. The van der Waals surface area contributed by atoms with E-state index in [4.69, 9.17) is 12.2 Å². The smallest absolute Gasteiger partial charge is 0.221 e. The fraction of sp³-hybridized carbons (Fsp3) is 0.323. The summed E-state index contributed by atoms with van der Waals surface area (Å²) in [4.78, 5) is 2.38. The number of aromatic hydroxyl groups is 1. The second kappa shape index (κ2) is 12.1. The molecule has 39 heavy (non-hydrogen) atoms. The SMILES string of the molecule is Cc1ccc(NC(=S)N=Nc2c(O)n(CN(Cc3ccc(F)cc3)C3CCCCC3)c3ccccc23)c(C)c1. The first-order chi connectivity index (χ1) is 18.9. The summed E-state index contributed by atoms with van der Waals surface area (Å²) in [5.41, 5.74) is 5.42. The average Bonchev–Trinajstić information content (AvgIpc) is 3.20. The van der Waals surface area contributed by atoms with Gasteiger partial charge in [0.2, 0.25) is 11.0 Å². The monoisotopic (exact) mass is 543 g/mol. The van der Waals surface area contributed by atoms with E-state index in [9.17, 15) is 9.50 Å². The number of aromatic nitrogens is 1. The van der Waals surface area contributed by atoms with E-state index in [1.54, 1.807) is 0 Å². The third-order valence-corrected chi connectivity index (χ3v) is 7.68. The Morgan fingerprint density at radius 1 is 1.05 bits per heavy atom. The Hall–Kier alpha value is -3.62. The first-order valence-electron chi connectivity index (χ1n) is 13.5. The van der Waals surface area contributed by atoms with Gasteiger partial charge in [-0.25, -0.2) is 4.39 Å². The van der Waals surface area contributed by atoms with Crippen molar-refractivity contribution in [2.24, 2.45) is 10.2 Å². The van der Waals surface area contributed by atoms with Gasteiger partial charge in [-0.05, 0) is 74.3 Å². The van der Waals surface area contributed by atoms with Crippen molar-refractivity contribution in [3.05, 3.63) is 89.2 Å². The van der Waals surface area contributed by atoms with Crippen LogP contribution >= 0.6 is 12.2 Å². The van der Waals surface area contributed by atoms with E-state index < -0.39 is 0 Å². The fourth-order valence-corrected chi connectivity index (χ4v) is 5.60. The summed E-state index contributed by atoms with van der Waals surface area (Å²) in [6.45, 7) is 5.20. The van der Waals surface area contributed by atoms with Gasteiger partial charge in [-0.1, -0.05) is 67.3 Å². The third-order valence-electron chi connectivity index (χ3n) is 7.49. The zero-order valence-electron chi connectivity index (χ0n) is 22.4. The van der Waals surface area contributed by atoms with Crippen LogP contribution in [0, 0.1) is 19.7 Å². The first kappa shape index (κ1) is 27.0. The second-order valence-electron chi connectivity index (χ2n) is 10.4. The molecule has 0 amide bonds. The average molecular weight is 544 g/mol. The van der Waals surface area contributed by atoms with Gasteiger partial charge in [0.15, 0.2) is 5.69 Å². The van der Waals surface area contributed by atoms with Gasteiger partial charge in [-0.3, -0.25) is 9.47 Å². The van der Waals surface area contributed by atoms with Gasteiger partial charge in [0.25, 0.3) is 0 Å². The van der Waals surface area contributed by atoms with Crippen LogP contribution in [-0.2, 0) is 13.2 Å². The molecule has 3 aromatic carbocycles. The summed E-state index contributed by atoms with van der Waals surface area (Å²) in [7, 11) is 0. The number of nitrogens with zero attached hydrogens (tertiary/aromatic N) is 4. The van der Waals surface area contributed by atoms with E-state index in [1.165, 1.54) is 37.0 Å². The van der Waals surface area contributed by atoms with E-state index in [0.29, 0.717) is 24.9 Å². The minimum absolute atomic E-state index is 0.0502. The Morgan fingerprint density at radius 2 is 1.79 bits per heavy atom. The van der Waals surface area contributed by atoms with Crippen LogP contribution in [0.5, 0.6) is 5.88 Å². The molecule has 0 unspecified atom stereocenters. The van der Waals surface area contributed by atoms with Crippen LogP contribution < -0.4 is 5.32 Å². The van der Waals surface area contributed by atoms with Crippen LogP contribution in [-0.4, -0.2) is 25.7 Å². The van der Waals surface area contributed by atoms with E-state index in [-0.39, 0.29) is 16.8 Å². The van der Waals surface area contributed by atoms with Crippen molar-refractivity contribution >= 4 is 39.6 Å². The number of anilines is 1. The number of nitrogens with one attached hydrogen (secondary N) is 1. The van der Waals surface area contributed by atoms with Crippen molar-refractivity contribution in [2.45, 2.75) is 65.2 Å². The van der Waals surface area contributed by atoms with Crippen LogP contribution in [0.2, 0.25) is 0 Å². The number of fused-ring (bicyclic) bond motifs is 1. The Balaban J connectivity index is 1.43. The Kier molecular flexibility index (Phi) is 8.33. The van der Waals surface area contributed by atoms with Crippen molar-refractivity contribution in [2.75, 3.05) is 5.32 Å². The van der Waals surface area contributed by atoms with E-state index in [0.717, 1.165) is 40.6 Å².